The molecule has 1 unspecified atom stereocenters. The molecule has 0 aliphatic heterocycles. The summed E-state index contributed by atoms with van der Waals surface area (Å²) in [4.78, 5) is 19.3. The molecule has 46 valence electrons. The zero-order valence-electron chi connectivity index (χ0n) is 3.83. The highest BCUT2D eigenvalue weighted by atomic mass is 35.5. The van der Waals surface area contributed by atoms with Crippen LogP contribution in [0.25, 0.3) is 0 Å². The van der Waals surface area contributed by atoms with Crippen LogP contribution < -0.4 is 5.73 Å². The normalized spacial score (nSPS) is 12.1. The van der Waals surface area contributed by atoms with Crippen LogP contribution in [0.3, 0.4) is 0 Å². The van der Waals surface area contributed by atoms with Gasteiger partial charge in [0.1, 0.15) is 0 Å². The molecule has 0 heterocycles. The summed E-state index contributed by atoms with van der Waals surface area (Å²) < 4.78 is 3.91. The molecule has 0 aromatic carbocycles. The van der Waals surface area contributed by atoms with E-state index in [4.69, 9.17) is 11.6 Å². The van der Waals surface area contributed by atoms with Crippen molar-refractivity contribution in [2.24, 2.45) is 5.73 Å². The molecule has 0 aliphatic carbocycles. The second-order valence-electron chi connectivity index (χ2n) is 0.951. The molecular weight excluding hydrogens is 133 g/mol. The van der Waals surface area contributed by atoms with Crippen LogP contribution in [0.5, 0.6) is 0 Å². The molecule has 0 aromatic heterocycles. The third kappa shape index (κ3) is 2.41. The van der Waals surface area contributed by atoms with Gasteiger partial charge in [0.15, 0.2) is 0 Å². The van der Waals surface area contributed by atoms with Crippen molar-refractivity contribution < 1.29 is 14.3 Å². The first-order valence-electron chi connectivity index (χ1n) is 1.71. The maximum absolute atomic E-state index is 9.90. The Hall–Kier alpha value is -0.770. The molecule has 0 saturated heterocycles. The van der Waals surface area contributed by atoms with Crippen LogP contribution >= 0.6 is 11.6 Å². The summed E-state index contributed by atoms with van der Waals surface area (Å²) in [7, 11) is 0. The van der Waals surface area contributed by atoms with Gasteiger partial charge >= 0.3 is 0 Å². The highest BCUT2D eigenvalue weighted by Gasteiger charge is 2.09. The van der Waals surface area contributed by atoms with E-state index in [0.717, 1.165) is 0 Å². The van der Waals surface area contributed by atoms with E-state index in [1.54, 1.807) is 0 Å². The van der Waals surface area contributed by atoms with Gasteiger partial charge in [0.25, 0.3) is 17.9 Å². The molecule has 4 nitrogen and oxygen atoms in total. The van der Waals surface area contributed by atoms with Crippen molar-refractivity contribution >= 4 is 24.0 Å². The van der Waals surface area contributed by atoms with E-state index in [-0.39, 0.29) is 6.47 Å². The van der Waals surface area contributed by atoms with Gasteiger partial charge < -0.3 is 10.5 Å². The molecular formula is C3H4ClNO3. The fraction of sp³-hybridized carbons (Fsp3) is 0.333. The van der Waals surface area contributed by atoms with Crippen molar-refractivity contribution in [1.29, 1.82) is 0 Å². The highest BCUT2D eigenvalue weighted by molar-refractivity contribution is 6.29. The van der Waals surface area contributed by atoms with E-state index in [1.165, 1.54) is 0 Å². The zero-order chi connectivity index (χ0) is 6.57. The summed E-state index contributed by atoms with van der Waals surface area (Å²) in [6.07, 6.45) is 0. The van der Waals surface area contributed by atoms with Gasteiger partial charge in [0.2, 0.25) is 0 Å². The molecule has 2 N–H and O–H groups in total. The number of hydrogen-bond donors (Lipinski definition) is 1. The Morgan fingerprint density at radius 3 is 2.50 bits per heavy atom. The van der Waals surface area contributed by atoms with Crippen LogP contribution in [0.1, 0.15) is 0 Å². The van der Waals surface area contributed by atoms with Crippen molar-refractivity contribution in [1.82, 2.24) is 0 Å². The summed E-state index contributed by atoms with van der Waals surface area (Å²) in [5, 5.41) is 0. The lowest BCUT2D eigenvalue weighted by atomic mass is 10.7. The third-order valence-electron chi connectivity index (χ3n) is 0.399. The molecule has 1 amide bonds. The van der Waals surface area contributed by atoms with E-state index >= 15 is 0 Å². The van der Waals surface area contributed by atoms with Gasteiger partial charge in [-0.1, -0.05) is 11.6 Å². The van der Waals surface area contributed by atoms with Crippen molar-refractivity contribution in [2.75, 3.05) is 0 Å². The molecule has 1 atom stereocenters. The predicted octanol–water partition coefficient (Wildman–Crippen LogP) is -0.790. The summed E-state index contributed by atoms with van der Waals surface area (Å²) >= 11 is 4.99. The van der Waals surface area contributed by atoms with Gasteiger partial charge in [-0.15, -0.1) is 0 Å². The number of carbonyl (C=O) groups is 2. The monoisotopic (exact) mass is 137 g/mol. The topological polar surface area (TPSA) is 69.4 Å². The van der Waals surface area contributed by atoms with Crippen molar-refractivity contribution in [3.05, 3.63) is 0 Å². The van der Waals surface area contributed by atoms with Crippen LogP contribution in [0.2, 0.25) is 0 Å². The smallest absolute Gasteiger partial charge is 0.295 e. The van der Waals surface area contributed by atoms with Crippen molar-refractivity contribution in [2.45, 2.75) is 5.56 Å². The van der Waals surface area contributed by atoms with Crippen molar-refractivity contribution in [3.8, 4) is 0 Å². The number of carbonyl (C=O) groups excluding carboxylic acids is 2. The zero-order valence-corrected chi connectivity index (χ0v) is 4.59. The number of nitrogens with two attached hydrogens (primary N) is 1. The molecule has 8 heavy (non-hydrogen) atoms. The first-order valence-corrected chi connectivity index (χ1v) is 2.14. The first kappa shape index (κ1) is 7.23. The number of amides is 1. The minimum Gasteiger partial charge on any atom is -0.438 e. The summed E-state index contributed by atoms with van der Waals surface area (Å²) in [6, 6.07) is 0. The third-order valence-corrected chi connectivity index (χ3v) is 0.717. The van der Waals surface area contributed by atoms with E-state index < -0.39 is 11.5 Å². The molecule has 0 bridgehead atoms. The highest BCUT2D eigenvalue weighted by Crippen LogP contribution is 1.92. The molecule has 0 fully saturated rings. The summed E-state index contributed by atoms with van der Waals surface area (Å²) in [5.41, 5.74) is 3.23. The standard InChI is InChI=1S/C3H4ClNO3/c4-2(3(5)7)8-1-6/h1-2H,(H2,5,7). The number of halogens is 1. The Bertz CT molecular complexity index is 105. The van der Waals surface area contributed by atoms with Crippen LogP contribution in [-0.4, -0.2) is 17.9 Å². The lowest BCUT2D eigenvalue weighted by Crippen LogP contribution is -2.25. The quantitative estimate of drug-likeness (QED) is 0.409. The number of primary amides is 1. The van der Waals surface area contributed by atoms with E-state index in [1.807, 2.05) is 0 Å². The Balaban J connectivity index is 3.46. The molecule has 0 aromatic rings. The Morgan fingerprint density at radius 2 is 2.38 bits per heavy atom. The number of rotatable bonds is 3. The summed E-state index contributed by atoms with van der Waals surface area (Å²) in [5.74, 6) is -0.876. The summed E-state index contributed by atoms with van der Waals surface area (Å²) in [6.45, 7) is 0.0580. The molecule has 0 radical (unpaired) electrons. The predicted molar refractivity (Wildman–Crippen MR) is 26.0 cm³/mol. The molecule has 0 aliphatic rings. The van der Waals surface area contributed by atoms with Crippen LogP contribution in [0.4, 0.5) is 0 Å². The second-order valence-corrected chi connectivity index (χ2v) is 1.35. The lowest BCUT2D eigenvalue weighted by molar-refractivity contribution is -0.138. The fourth-order valence-corrected chi connectivity index (χ4v) is 0.158. The molecule has 0 saturated carbocycles. The average Bonchev–Trinajstić information content (AvgIpc) is 1.67. The maximum Gasteiger partial charge on any atom is 0.295 e. The SMILES string of the molecule is NC(=O)C(Cl)OC=O. The van der Waals surface area contributed by atoms with Crippen LogP contribution in [0.15, 0.2) is 0 Å². The number of hydrogen-bond acceptors (Lipinski definition) is 3. The number of ether oxygens (including phenoxy) is 1. The second kappa shape index (κ2) is 3.26. The van der Waals surface area contributed by atoms with Gasteiger partial charge in [-0.25, -0.2) is 0 Å². The van der Waals surface area contributed by atoms with Gasteiger partial charge in [0, 0.05) is 0 Å². The molecule has 0 spiro atoms. The van der Waals surface area contributed by atoms with E-state index in [0.29, 0.717) is 0 Å². The van der Waals surface area contributed by atoms with Gasteiger partial charge in [-0.05, 0) is 0 Å². The van der Waals surface area contributed by atoms with Crippen LogP contribution in [-0.2, 0) is 14.3 Å². The number of alkyl halides is 1. The molecule has 5 heteroatoms. The lowest BCUT2D eigenvalue weighted by Gasteiger charge is -1.98. The average molecular weight is 138 g/mol. The minimum atomic E-state index is -1.34. The molecule has 0 rings (SSSR count). The van der Waals surface area contributed by atoms with Crippen molar-refractivity contribution in [3.63, 3.8) is 0 Å². The fourth-order valence-electron chi connectivity index (χ4n) is 0.116. The van der Waals surface area contributed by atoms with Crippen LogP contribution in [0, 0.1) is 0 Å². The van der Waals surface area contributed by atoms with E-state index in [9.17, 15) is 9.59 Å². The maximum atomic E-state index is 9.90. The minimum absolute atomic E-state index is 0.0580. The first-order chi connectivity index (χ1) is 3.68. The van der Waals surface area contributed by atoms with Gasteiger partial charge in [-0.2, -0.15) is 0 Å². The Labute approximate surface area is 50.5 Å². The Morgan fingerprint density at radius 1 is 1.88 bits per heavy atom. The Kier molecular flexibility index (Phi) is 2.95. The van der Waals surface area contributed by atoms with E-state index in [2.05, 4.69) is 10.5 Å². The van der Waals surface area contributed by atoms with Gasteiger partial charge in [0.05, 0.1) is 0 Å². The van der Waals surface area contributed by atoms with Gasteiger partial charge in [-0.3, -0.25) is 9.59 Å². The largest absolute Gasteiger partial charge is 0.438 e.